The van der Waals surface area contributed by atoms with Crippen LogP contribution in [0.5, 0.6) is 5.75 Å². The Morgan fingerprint density at radius 1 is 1.04 bits per heavy atom. The number of ether oxygens (including phenoxy) is 1. The summed E-state index contributed by atoms with van der Waals surface area (Å²) in [6.45, 7) is 14.1. The molecule has 2 aromatic carbocycles. The highest BCUT2D eigenvalue weighted by atomic mass is 16.5. The number of hydrogen-bond donors (Lipinski definition) is 0. The summed E-state index contributed by atoms with van der Waals surface area (Å²) >= 11 is 0. The van der Waals surface area contributed by atoms with Crippen LogP contribution in [-0.4, -0.2) is 10.2 Å². The molecule has 0 amide bonds. The zero-order valence-electron chi connectivity index (χ0n) is 17.8. The van der Waals surface area contributed by atoms with Gasteiger partial charge in [0.2, 0.25) is 0 Å². The molecule has 0 N–H and O–H groups in total. The maximum absolute atomic E-state index is 6.78. The molecule has 3 aromatic rings. The van der Waals surface area contributed by atoms with Crippen LogP contribution in [0.3, 0.4) is 0 Å². The van der Waals surface area contributed by atoms with Crippen LogP contribution in [0, 0.1) is 18.8 Å². The Bertz CT molecular complexity index is 1210. The van der Waals surface area contributed by atoms with E-state index in [2.05, 4.69) is 82.5 Å². The van der Waals surface area contributed by atoms with Gasteiger partial charge in [-0.1, -0.05) is 29.8 Å². The van der Waals surface area contributed by atoms with Crippen LogP contribution in [0.2, 0.25) is 0 Å². The van der Waals surface area contributed by atoms with Gasteiger partial charge in [-0.05, 0) is 71.6 Å². The van der Waals surface area contributed by atoms with Crippen molar-refractivity contribution < 1.29 is 4.74 Å². The lowest BCUT2D eigenvalue weighted by atomic mass is 9.56. The summed E-state index contributed by atoms with van der Waals surface area (Å²) < 4.78 is 9.43. The second-order valence-electron chi connectivity index (χ2n) is 10.3. The fourth-order valence-electron chi connectivity index (χ4n) is 6.99. The number of nitrogens with zero attached hydrogens (tertiary/aromatic N) is 1. The maximum atomic E-state index is 6.78. The van der Waals surface area contributed by atoms with Gasteiger partial charge in [0.1, 0.15) is 11.4 Å². The first-order chi connectivity index (χ1) is 13.2. The highest BCUT2D eigenvalue weighted by molar-refractivity contribution is 6.11. The van der Waals surface area contributed by atoms with Crippen molar-refractivity contribution in [2.24, 2.45) is 11.8 Å². The molecule has 3 aliphatic rings. The molecular formula is C26H29NO. The largest absolute Gasteiger partial charge is 0.487 e. The van der Waals surface area contributed by atoms with E-state index in [0.717, 1.165) is 12.2 Å². The van der Waals surface area contributed by atoms with E-state index in [1.165, 1.54) is 38.5 Å². The van der Waals surface area contributed by atoms with Crippen molar-refractivity contribution in [2.45, 2.75) is 65.0 Å². The van der Waals surface area contributed by atoms with Crippen molar-refractivity contribution in [3.05, 3.63) is 53.1 Å². The Balaban J connectivity index is 1.87. The molecule has 3 atom stereocenters. The minimum absolute atomic E-state index is 0.0639. The molecule has 1 aliphatic carbocycles. The standard InChI is InChI=1S/C26H29NO/c1-14-11-12-18-20-21-23-17(13-15(2)24(21)28-26(5,6)22(14)20)16-9-7-8-10-19(16)27(23)25(18,3)4/h7-11,13,18,20,22H,12H2,1-6H3. The van der Waals surface area contributed by atoms with E-state index in [0.29, 0.717) is 17.8 Å². The predicted molar refractivity (Wildman–Crippen MR) is 116 cm³/mol. The predicted octanol–water partition coefficient (Wildman–Crippen LogP) is 6.69. The molecule has 2 nitrogen and oxygen atoms in total. The van der Waals surface area contributed by atoms with Gasteiger partial charge < -0.3 is 9.30 Å². The minimum atomic E-state index is -0.181. The normalized spacial score (nSPS) is 28.9. The summed E-state index contributed by atoms with van der Waals surface area (Å²) in [6.07, 6.45) is 3.64. The molecule has 0 bridgehead atoms. The van der Waals surface area contributed by atoms with Gasteiger partial charge in [0.05, 0.1) is 5.52 Å². The van der Waals surface area contributed by atoms with E-state index in [1.54, 1.807) is 0 Å². The molecule has 0 saturated heterocycles. The minimum Gasteiger partial charge on any atom is -0.487 e. The first-order valence-electron chi connectivity index (χ1n) is 10.7. The monoisotopic (exact) mass is 371 g/mol. The lowest BCUT2D eigenvalue weighted by Crippen LogP contribution is -2.54. The quantitative estimate of drug-likeness (QED) is 0.402. The lowest BCUT2D eigenvalue weighted by molar-refractivity contribution is -0.00916. The molecule has 0 radical (unpaired) electrons. The van der Waals surface area contributed by atoms with Gasteiger partial charge in [-0.3, -0.25) is 0 Å². The molecule has 1 aromatic heterocycles. The van der Waals surface area contributed by atoms with Gasteiger partial charge in [0.15, 0.2) is 0 Å². The van der Waals surface area contributed by atoms with Crippen molar-refractivity contribution in [1.29, 1.82) is 0 Å². The van der Waals surface area contributed by atoms with Crippen molar-refractivity contribution in [1.82, 2.24) is 4.57 Å². The van der Waals surface area contributed by atoms with E-state index < -0.39 is 0 Å². The molecule has 6 rings (SSSR count). The number of hydrogen-bond acceptors (Lipinski definition) is 1. The molecule has 0 spiro atoms. The molecule has 2 heteroatoms. The average Bonchev–Trinajstić information content (AvgIpc) is 2.96. The molecule has 28 heavy (non-hydrogen) atoms. The third kappa shape index (κ3) is 1.72. The Morgan fingerprint density at radius 3 is 2.57 bits per heavy atom. The Morgan fingerprint density at radius 2 is 1.79 bits per heavy atom. The van der Waals surface area contributed by atoms with Crippen molar-refractivity contribution in [3.8, 4) is 5.75 Å². The van der Waals surface area contributed by atoms with Crippen LogP contribution in [0.25, 0.3) is 21.8 Å². The maximum Gasteiger partial charge on any atom is 0.128 e. The smallest absolute Gasteiger partial charge is 0.128 e. The Hall–Kier alpha value is -2.22. The molecule has 144 valence electrons. The summed E-state index contributed by atoms with van der Waals surface area (Å²) in [6, 6.07) is 11.3. The number of para-hydroxylation sites is 1. The fourth-order valence-corrected chi connectivity index (χ4v) is 6.99. The summed E-state index contributed by atoms with van der Waals surface area (Å²) in [5.74, 6) is 2.70. The molecule has 3 unspecified atom stereocenters. The number of benzene rings is 2. The second-order valence-corrected chi connectivity index (χ2v) is 10.3. The summed E-state index contributed by atoms with van der Waals surface area (Å²) in [7, 11) is 0. The van der Waals surface area contributed by atoms with Crippen molar-refractivity contribution in [2.75, 3.05) is 0 Å². The summed E-state index contributed by atoms with van der Waals surface area (Å²) in [5, 5.41) is 2.77. The molecule has 0 fully saturated rings. The molecule has 0 saturated carbocycles. The van der Waals surface area contributed by atoms with E-state index in [9.17, 15) is 0 Å². The van der Waals surface area contributed by atoms with E-state index in [-0.39, 0.29) is 11.1 Å². The van der Waals surface area contributed by atoms with E-state index in [1.807, 2.05) is 0 Å². The lowest BCUT2D eigenvalue weighted by Gasteiger charge is -2.56. The summed E-state index contributed by atoms with van der Waals surface area (Å²) in [4.78, 5) is 0. The zero-order valence-corrected chi connectivity index (χ0v) is 17.8. The van der Waals surface area contributed by atoms with Gasteiger partial charge >= 0.3 is 0 Å². The highest BCUT2D eigenvalue weighted by Gasteiger charge is 2.56. The van der Waals surface area contributed by atoms with E-state index in [4.69, 9.17) is 4.74 Å². The Kier molecular flexibility index (Phi) is 2.89. The zero-order chi connectivity index (χ0) is 19.6. The average molecular weight is 372 g/mol. The van der Waals surface area contributed by atoms with Crippen LogP contribution in [0.1, 0.15) is 58.1 Å². The number of rotatable bonds is 0. The SMILES string of the molecule is CC1=CCC2C3c4c(c(C)cc5c6ccccc6n(c45)C2(C)C)OC(C)(C)C13. The van der Waals surface area contributed by atoms with E-state index >= 15 is 0 Å². The fraction of sp³-hybridized carbons (Fsp3) is 0.462. The van der Waals surface area contributed by atoms with Gasteiger partial charge in [0.25, 0.3) is 0 Å². The van der Waals surface area contributed by atoms with Crippen molar-refractivity contribution in [3.63, 3.8) is 0 Å². The summed E-state index contributed by atoms with van der Waals surface area (Å²) in [5.41, 5.74) is 6.93. The van der Waals surface area contributed by atoms with Crippen LogP contribution in [0.4, 0.5) is 0 Å². The van der Waals surface area contributed by atoms with Crippen LogP contribution in [0.15, 0.2) is 42.0 Å². The van der Waals surface area contributed by atoms with Crippen molar-refractivity contribution >= 4 is 21.8 Å². The molecular weight excluding hydrogens is 342 g/mol. The third-order valence-corrected chi connectivity index (χ3v) is 8.04. The molecule has 3 heterocycles. The van der Waals surface area contributed by atoms with Gasteiger partial charge in [0, 0.05) is 39.2 Å². The topological polar surface area (TPSA) is 14.2 Å². The first-order valence-corrected chi connectivity index (χ1v) is 10.7. The number of allylic oxidation sites excluding steroid dienone is 1. The Labute approximate surface area is 167 Å². The first kappa shape index (κ1) is 16.7. The molecule has 2 aliphatic heterocycles. The number of aryl methyl sites for hydroxylation is 1. The van der Waals surface area contributed by atoms with Gasteiger partial charge in [-0.2, -0.15) is 0 Å². The highest BCUT2D eigenvalue weighted by Crippen LogP contribution is 2.63. The number of fused-ring (bicyclic) bond motifs is 3. The van der Waals surface area contributed by atoms with Gasteiger partial charge in [-0.25, -0.2) is 0 Å². The van der Waals surface area contributed by atoms with Crippen LogP contribution < -0.4 is 4.74 Å². The van der Waals surface area contributed by atoms with Gasteiger partial charge in [-0.15, -0.1) is 0 Å². The second kappa shape index (κ2) is 4.84. The van der Waals surface area contributed by atoms with Crippen LogP contribution >= 0.6 is 0 Å². The third-order valence-electron chi connectivity index (χ3n) is 8.04. The number of aromatic nitrogens is 1. The van der Waals surface area contributed by atoms with Crippen LogP contribution in [-0.2, 0) is 5.54 Å².